The minimum absolute atomic E-state index is 0.479. The molecule has 104 valence electrons. The molecule has 0 spiro atoms. The van der Waals surface area contributed by atoms with Crippen LogP contribution >= 0.6 is 24.2 Å². The normalized spacial score (nSPS) is 18.2. The lowest BCUT2D eigenvalue weighted by Gasteiger charge is -2.16. The van der Waals surface area contributed by atoms with Gasteiger partial charge in [-0.05, 0) is 42.5 Å². The highest BCUT2D eigenvalue weighted by Gasteiger charge is 2.32. The molecular formula is C14H10F3NS2. The SMILES string of the molecule is FC(F)(F)c1ccc2c(c1)NSC(=S)C1=C2CCC=C1. The Kier molecular flexibility index (Phi) is 3.38. The topological polar surface area (TPSA) is 12.0 Å². The second-order valence-corrected chi connectivity index (χ2v) is 6.07. The average Bonchev–Trinajstić information content (AvgIpc) is 2.56. The standard InChI is InChI=1S/C14H10F3NS2/c15-14(16,17)8-5-6-10-9-3-1-2-4-11(9)13(19)20-18-12(10)7-8/h2,4-7,18H,1,3H2. The molecule has 0 fully saturated rings. The predicted octanol–water partition coefficient (Wildman–Crippen LogP) is 5.21. The summed E-state index contributed by atoms with van der Waals surface area (Å²) in [6, 6.07) is 3.82. The van der Waals surface area contributed by atoms with Gasteiger partial charge in [0.2, 0.25) is 0 Å². The molecule has 1 nitrogen and oxygen atoms in total. The maximum Gasteiger partial charge on any atom is 0.416 e. The van der Waals surface area contributed by atoms with Crippen molar-refractivity contribution in [3.8, 4) is 0 Å². The lowest BCUT2D eigenvalue weighted by Crippen LogP contribution is -2.06. The van der Waals surface area contributed by atoms with E-state index in [1.807, 2.05) is 12.2 Å². The number of halogens is 3. The fourth-order valence-electron chi connectivity index (χ4n) is 2.36. The van der Waals surface area contributed by atoms with Gasteiger partial charge in [0.05, 0.1) is 15.4 Å². The van der Waals surface area contributed by atoms with E-state index in [1.165, 1.54) is 18.0 Å². The molecule has 1 aliphatic carbocycles. The van der Waals surface area contributed by atoms with E-state index in [4.69, 9.17) is 12.2 Å². The van der Waals surface area contributed by atoms with Crippen LogP contribution in [-0.2, 0) is 6.18 Å². The highest BCUT2D eigenvalue weighted by molar-refractivity contribution is 8.24. The van der Waals surface area contributed by atoms with E-state index >= 15 is 0 Å². The number of allylic oxidation sites excluding steroid dienone is 3. The third kappa shape index (κ3) is 2.38. The largest absolute Gasteiger partial charge is 0.416 e. The van der Waals surface area contributed by atoms with E-state index in [0.717, 1.165) is 41.7 Å². The maximum atomic E-state index is 12.8. The molecule has 0 unspecified atom stereocenters. The molecule has 0 saturated heterocycles. The number of fused-ring (bicyclic) bond motifs is 2. The Morgan fingerprint density at radius 3 is 2.80 bits per heavy atom. The van der Waals surface area contributed by atoms with E-state index < -0.39 is 11.7 Å². The molecule has 0 bridgehead atoms. The van der Waals surface area contributed by atoms with E-state index in [2.05, 4.69) is 4.72 Å². The van der Waals surface area contributed by atoms with Crippen LogP contribution in [0.2, 0.25) is 0 Å². The van der Waals surface area contributed by atoms with Gasteiger partial charge >= 0.3 is 6.18 Å². The molecule has 0 amide bonds. The van der Waals surface area contributed by atoms with Crippen LogP contribution in [0.5, 0.6) is 0 Å². The highest BCUT2D eigenvalue weighted by Crippen LogP contribution is 2.41. The number of hydrogen-bond acceptors (Lipinski definition) is 3. The fraction of sp³-hybridized carbons (Fsp3) is 0.214. The molecule has 0 saturated carbocycles. The third-order valence-corrected chi connectivity index (χ3v) is 4.51. The number of benzene rings is 1. The lowest BCUT2D eigenvalue weighted by molar-refractivity contribution is -0.137. The summed E-state index contributed by atoms with van der Waals surface area (Å²) in [5.74, 6) is 0. The summed E-state index contributed by atoms with van der Waals surface area (Å²) in [4.78, 5) is 0. The summed E-state index contributed by atoms with van der Waals surface area (Å²) in [5.41, 5.74) is 2.61. The van der Waals surface area contributed by atoms with Crippen LogP contribution in [0, 0.1) is 0 Å². The number of anilines is 1. The zero-order valence-corrected chi connectivity index (χ0v) is 11.9. The van der Waals surface area contributed by atoms with Crippen LogP contribution in [0.15, 0.2) is 35.9 Å². The van der Waals surface area contributed by atoms with Gasteiger partial charge in [-0.25, -0.2) is 0 Å². The maximum absolute atomic E-state index is 12.8. The molecule has 20 heavy (non-hydrogen) atoms. The first-order valence-electron chi connectivity index (χ1n) is 6.05. The molecule has 0 atom stereocenters. The van der Waals surface area contributed by atoms with Gasteiger partial charge in [-0.3, -0.25) is 0 Å². The smallest absolute Gasteiger partial charge is 0.324 e. The number of thiocarbonyl (C=S) groups is 1. The van der Waals surface area contributed by atoms with E-state index in [0.29, 0.717) is 9.88 Å². The Hall–Kier alpha value is -1.27. The molecule has 2 aliphatic rings. The summed E-state index contributed by atoms with van der Waals surface area (Å²) in [7, 11) is 0. The Morgan fingerprint density at radius 1 is 1.25 bits per heavy atom. The Bertz CT molecular complexity index is 644. The van der Waals surface area contributed by atoms with Gasteiger partial charge in [0.25, 0.3) is 0 Å². The first-order valence-corrected chi connectivity index (χ1v) is 7.28. The monoisotopic (exact) mass is 313 g/mol. The van der Waals surface area contributed by atoms with Crippen LogP contribution in [0.25, 0.3) is 5.57 Å². The van der Waals surface area contributed by atoms with Gasteiger partial charge in [-0.15, -0.1) is 0 Å². The summed E-state index contributed by atoms with van der Waals surface area (Å²) in [6.07, 6.45) is 1.35. The van der Waals surface area contributed by atoms with Crippen molar-refractivity contribution in [1.29, 1.82) is 0 Å². The van der Waals surface area contributed by atoms with Crippen molar-refractivity contribution >= 4 is 39.6 Å². The zero-order valence-electron chi connectivity index (χ0n) is 10.3. The van der Waals surface area contributed by atoms with Crippen LogP contribution in [0.1, 0.15) is 24.0 Å². The number of rotatable bonds is 0. The lowest BCUT2D eigenvalue weighted by atomic mass is 9.91. The highest BCUT2D eigenvalue weighted by atomic mass is 32.2. The molecule has 1 aromatic rings. The van der Waals surface area contributed by atoms with E-state index in [-0.39, 0.29) is 0 Å². The molecule has 0 aromatic heterocycles. The fourth-order valence-corrected chi connectivity index (χ4v) is 3.35. The van der Waals surface area contributed by atoms with Crippen molar-refractivity contribution in [1.82, 2.24) is 0 Å². The predicted molar refractivity (Wildman–Crippen MR) is 80.5 cm³/mol. The summed E-state index contributed by atoms with van der Waals surface area (Å²) >= 11 is 6.50. The molecule has 1 aromatic carbocycles. The molecule has 1 N–H and O–H groups in total. The number of hydrogen-bond donors (Lipinski definition) is 1. The molecule has 6 heteroatoms. The van der Waals surface area contributed by atoms with Crippen molar-refractivity contribution in [3.05, 3.63) is 47.1 Å². The van der Waals surface area contributed by atoms with Crippen LogP contribution in [0.4, 0.5) is 18.9 Å². The van der Waals surface area contributed by atoms with E-state index in [9.17, 15) is 13.2 Å². The van der Waals surface area contributed by atoms with Gasteiger partial charge in [0.15, 0.2) is 0 Å². The number of nitrogens with one attached hydrogen (secondary N) is 1. The first kappa shape index (κ1) is 13.7. The van der Waals surface area contributed by atoms with Gasteiger partial charge in [0, 0.05) is 11.1 Å². The zero-order chi connectivity index (χ0) is 14.3. The Balaban J connectivity index is 2.15. The van der Waals surface area contributed by atoms with Crippen molar-refractivity contribution in [3.63, 3.8) is 0 Å². The average molecular weight is 313 g/mol. The molecule has 1 aliphatic heterocycles. The molecule has 1 heterocycles. The molecule has 0 radical (unpaired) electrons. The Labute approximate surface area is 124 Å². The van der Waals surface area contributed by atoms with Gasteiger partial charge in [-0.1, -0.05) is 30.4 Å². The summed E-state index contributed by atoms with van der Waals surface area (Å²) in [6.45, 7) is 0. The van der Waals surface area contributed by atoms with E-state index in [1.54, 1.807) is 0 Å². The minimum atomic E-state index is -4.34. The minimum Gasteiger partial charge on any atom is -0.324 e. The Morgan fingerprint density at radius 2 is 2.05 bits per heavy atom. The third-order valence-electron chi connectivity index (χ3n) is 3.32. The summed E-state index contributed by atoms with van der Waals surface area (Å²) < 4.78 is 42.0. The van der Waals surface area contributed by atoms with Crippen LogP contribution in [0.3, 0.4) is 0 Å². The second-order valence-electron chi connectivity index (χ2n) is 4.58. The quantitative estimate of drug-likeness (QED) is 0.521. The van der Waals surface area contributed by atoms with Crippen molar-refractivity contribution in [2.45, 2.75) is 19.0 Å². The van der Waals surface area contributed by atoms with Gasteiger partial charge in [-0.2, -0.15) is 13.2 Å². The number of alkyl halides is 3. The van der Waals surface area contributed by atoms with Crippen LogP contribution < -0.4 is 4.72 Å². The van der Waals surface area contributed by atoms with Gasteiger partial charge in [0.1, 0.15) is 0 Å². The second kappa shape index (κ2) is 4.93. The molecule has 3 rings (SSSR count). The summed E-state index contributed by atoms with van der Waals surface area (Å²) in [5, 5.41) is 0. The van der Waals surface area contributed by atoms with Crippen molar-refractivity contribution in [2.75, 3.05) is 4.72 Å². The van der Waals surface area contributed by atoms with Crippen molar-refractivity contribution < 1.29 is 13.2 Å². The first-order chi connectivity index (χ1) is 9.47. The van der Waals surface area contributed by atoms with Crippen LogP contribution in [-0.4, -0.2) is 4.20 Å². The van der Waals surface area contributed by atoms with Crippen molar-refractivity contribution in [2.24, 2.45) is 0 Å². The molecular weight excluding hydrogens is 303 g/mol. The van der Waals surface area contributed by atoms with Gasteiger partial charge < -0.3 is 4.72 Å².